The zero-order valence-corrected chi connectivity index (χ0v) is 12.1. The van der Waals surface area contributed by atoms with Crippen LogP contribution in [0.3, 0.4) is 0 Å². The zero-order valence-electron chi connectivity index (χ0n) is 11.4. The molecule has 1 atom stereocenters. The molecule has 0 spiro atoms. The van der Waals surface area contributed by atoms with E-state index in [0.29, 0.717) is 16.1 Å². The number of aryl methyl sites for hydroxylation is 1. The molecule has 0 aliphatic carbocycles. The van der Waals surface area contributed by atoms with Gasteiger partial charge in [-0.05, 0) is 37.6 Å². The molecule has 1 heterocycles. The van der Waals surface area contributed by atoms with Crippen molar-refractivity contribution in [3.05, 3.63) is 33.9 Å². The minimum absolute atomic E-state index is 0.215. The first-order valence-corrected chi connectivity index (χ1v) is 6.45. The zero-order chi connectivity index (χ0) is 16.2. The fourth-order valence-corrected chi connectivity index (χ4v) is 1.88. The van der Waals surface area contributed by atoms with E-state index in [-0.39, 0.29) is 12.4 Å². The fourth-order valence-electron chi connectivity index (χ4n) is 1.71. The molecule has 1 aromatic carbocycles. The topological polar surface area (TPSA) is 46.5 Å². The van der Waals surface area contributed by atoms with Gasteiger partial charge in [0.15, 0.2) is 6.10 Å². The van der Waals surface area contributed by atoms with Gasteiger partial charge in [-0.1, -0.05) is 11.6 Å². The van der Waals surface area contributed by atoms with Crippen molar-refractivity contribution < 1.29 is 27.8 Å². The van der Waals surface area contributed by atoms with Crippen LogP contribution >= 0.6 is 11.6 Å². The highest BCUT2D eigenvalue weighted by Crippen LogP contribution is 2.35. The van der Waals surface area contributed by atoms with Gasteiger partial charge in [0.2, 0.25) is 0 Å². The van der Waals surface area contributed by atoms with Crippen LogP contribution in [-0.4, -0.2) is 30.3 Å². The number of carboxylic acids is 1. The van der Waals surface area contributed by atoms with E-state index in [2.05, 4.69) is 0 Å². The molecular formula is C14H14ClF3O3. The van der Waals surface area contributed by atoms with Crippen molar-refractivity contribution in [2.75, 3.05) is 6.67 Å². The second kappa shape index (κ2) is 7.36. The number of rotatable bonds is 2. The van der Waals surface area contributed by atoms with Crippen LogP contribution in [0.25, 0.3) is 6.08 Å². The number of fused-ring (bicyclic) bond motifs is 1. The van der Waals surface area contributed by atoms with Crippen molar-refractivity contribution in [3.63, 3.8) is 0 Å². The summed E-state index contributed by atoms with van der Waals surface area (Å²) in [5.41, 5.74) is 0.591. The summed E-state index contributed by atoms with van der Waals surface area (Å²) >= 11 is 5.89. The SMILES string of the molecule is CCF.Cc1cc2c(cc1Cl)C=C(C(=O)O)C(C(F)F)O2. The van der Waals surface area contributed by atoms with Crippen molar-refractivity contribution in [3.8, 4) is 5.75 Å². The minimum atomic E-state index is -2.91. The number of hydrogen-bond acceptors (Lipinski definition) is 2. The molecule has 0 radical (unpaired) electrons. The number of ether oxygens (including phenoxy) is 1. The third-order valence-electron chi connectivity index (χ3n) is 2.64. The number of carboxylic acid groups (broad SMARTS) is 1. The summed E-state index contributed by atoms with van der Waals surface area (Å²) in [6.07, 6.45) is -3.49. The van der Waals surface area contributed by atoms with Crippen molar-refractivity contribution in [1.82, 2.24) is 0 Å². The molecule has 1 aliphatic heterocycles. The molecule has 0 saturated heterocycles. The minimum Gasteiger partial charge on any atom is -0.479 e. The van der Waals surface area contributed by atoms with Gasteiger partial charge < -0.3 is 9.84 Å². The van der Waals surface area contributed by atoms with Gasteiger partial charge in [-0.2, -0.15) is 0 Å². The lowest BCUT2D eigenvalue weighted by atomic mass is 10.0. The van der Waals surface area contributed by atoms with Crippen molar-refractivity contribution in [2.24, 2.45) is 0 Å². The summed E-state index contributed by atoms with van der Waals surface area (Å²) in [6.45, 7) is 2.92. The molecule has 0 saturated carbocycles. The Labute approximate surface area is 125 Å². The molecular weight excluding hydrogens is 309 g/mol. The molecule has 0 bridgehead atoms. The molecule has 21 heavy (non-hydrogen) atoms. The number of carbonyl (C=O) groups is 1. The van der Waals surface area contributed by atoms with Gasteiger partial charge in [0.1, 0.15) is 5.75 Å². The fraction of sp³-hybridized carbons (Fsp3) is 0.357. The summed E-state index contributed by atoms with van der Waals surface area (Å²) < 4.78 is 40.8. The Morgan fingerprint density at radius 3 is 2.52 bits per heavy atom. The smallest absolute Gasteiger partial charge is 0.335 e. The van der Waals surface area contributed by atoms with E-state index in [1.807, 2.05) is 0 Å². The van der Waals surface area contributed by atoms with Crippen LogP contribution in [0, 0.1) is 6.92 Å². The van der Waals surface area contributed by atoms with Crippen LogP contribution in [0.5, 0.6) is 5.75 Å². The van der Waals surface area contributed by atoms with E-state index in [9.17, 15) is 18.0 Å². The lowest BCUT2D eigenvalue weighted by molar-refractivity contribution is -0.134. The summed E-state index contributed by atoms with van der Waals surface area (Å²) in [6, 6.07) is 3.01. The Kier molecular flexibility index (Phi) is 6.08. The lowest BCUT2D eigenvalue weighted by Crippen LogP contribution is -2.33. The monoisotopic (exact) mass is 322 g/mol. The molecule has 1 aliphatic rings. The van der Waals surface area contributed by atoms with E-state index in [4.69, 9.17) is 21.4 Å². The summed E-state index contributed by atoms with van der Waals surface area (Å²) in [7, 11) is 0. The van der Waals surface area contributed by atoms with Gasteiger partial charge in [0.25, 0.3) is 6.43 Å². The van der Waals surface area contributed by atoms with Crippen LogP contribution in [0.15, 0.2) is 17.7 Å². The van der Waals surface area contributed by atoms with Crippen LogP contribution < -0.4 is 4.74 Å². The highest BCUT2D eigenvalue weighted by atomic mass is 35.5. The molecule has 0 amide bonds. The molecule has 7 heteroatoms. The van der Waals surface area contributed by atoms with Crippen molar-refractivity contribution >= 4 is 23.6 Å². The third-order valence-corrected chi connectivity index (χ3v) is 3.05. The predicted octanol–water partition coefficient (Wildman–Crippen LogP) is 4.12. The quantitative estimate of drug-likeness (QED) is 0.891. The first-order valence-electron chi connectivity index (χ1n) is 6.07. The Morgan fingerprint density at radius 1 is 1.48 bits per heavy atom. The number of benzene rings is 1. The van der Waals surface area contributed by atoms with Crippen molar-refractivity contribution in [2.45, 2.75) is 26.4 Å². The molecule has 0 aromatic heterocycles. The Bertz CT molecular complexity index is 559. The van der Waals surface area contributed by atoms with Gasteiger partial charge >= 0.3 is 5.97 Å². The number of halogens is 4. The maximum Gasteiger partial charge on any atom is 0.335 e. The number of hydrogen-bond donors (Lipinski definition) is 1. The average molecular weight is 323 g/mol. The standard InChI is InChI=1S/C12H9ClF2O3.C2H5F/c1-5-2-9-6(4-8(5)13)3-7(12(16)17)10(18-9)11(14)15;1-2-3/h2-4,10-11H,1H3,(H,16,17);2H2,1H3. The van der Waals surface area contributed by atoms with E-state index >= 15 is 0 Å². The predicted molar refractivity (Wildman–Crippen MR) is 73.9 cm³/mol. The largest absolute Gasteiger partial charge is 0.479 e. The summed E-state index contributed by atoms with van der Waals surface area (Å²) in [5.74, 6) is -1.21. The van der Waals surface area contributed by atoms with Gasteiger partial charge in [-0.25, -0.2) is 13.6 Å². The average Bonchev–Trinajstić information content (AvgIpc) is 2.39. The Hall–Kier alpha value is -1.69. The maximum atomic E-state index is 12.7. The van der Waals surface area contributed by atoms with Gasteiger partial charge in [0, 0.05) is 10.6 Å². The van der Waals surface area contributed by atoms with Gasteiger partial charge in [0.05, 0.1) is 12.2 Å². The second-order valence-corrected chi connectivity index (χ2v) is 4.59. The molecule has 1 aromatic rings. The maximum absolute atomic E-state index is 12.7. The number of alkyl halides is 3. The first-order chi connectivity index (χ1) is 9.81. The second-order valence-electron chi connectivity index (χ2n) is 4.18. The van der Waals surface area contributed by atoms with E-state index in [0.717, 1.165) is 0 Å². The lowest BCUT2D eigenvalue weighted by Gasteiger charge is -2.25. The molecule has 2 rings (SSSR count). The van der Waals surface area contributed by atoms with Gasteiger partial charge in [-0.15, -0.1) is 0 Å². The van der Waals surface area contributed by atoms with Crippen LogP contribution in [0.4, 0.5) is 13.2 Å². The summed E-state index contributed by atoms with van der Waals surface area (Å²) in [5, 5.41) is 9.32. The number of aliphatic carboxylic acids is 1. The molecule has 0 fully saturated rings. The van der Waals surface area contributed by atoms with Crippen LogP contribution in [0.2, 0.25) is 5.02 Å². The van der Waals surface area contributed by atoms with E-state index in [1.54, 1.807) is 6.92 Å². The van der Waals surface area contributed by atoms with Crippen LogP contribution in [0.1, 0.15) is 18.1 Å². The Morgan fingerprint density at radius 2 is 2.05 bits per heavy atom. The van der Waals surface area contributed by atoms with E-state index < -0.39 is 24.1 Å². The normalized spacial score (nSPS) is 16.3. The molecule has 3 nitrogen and oxygen atoms in total. The molecule has 1 unspecified atom stereocenters. The van der Waals surface area contributed by atoms with Crippen LogP contribution in [-0.2, 0) is 4.79 Å². The highest BCUT2D eigenvalue weighted by Gasteiger charge is 2.34. The van der Waals surface area contributed by atoms with Crippen molar-refractivity contribution in [1.29, 1.82) is 0 Å². The van der Waals surface area contributed by atoms with E-state index in [1.165, 1.54) is 25.1 Å². The third kappa shape index (κ3) is 4.14. The molecule has 1 N–H and O–H groups in total. The first kappa shape index (κ1) is 17.4. The highest BCUT2D eigenvalue weighted by molar-refractivity contribution is 6.31. The van der Waals surface area contributed by atoms with Gasteiger partial charge in [-0.3, -0.25) is 4.39 Å². The Balaban J connectivity index is 0.000000677. The summed E-state index contributed by atoms with van der Waals surface area (Å²) in [4.78, 5) is 10.9. The molecule has 116 valence electrons.